The lowest BCUT2D eigenvalue weighted by Crippen LogP contribution is -2.35. The molecule has 124 valence electrons. The number of ether oxygens (including phenoxy) is 1. The van der Waals surface area contributed by atoms with Gasteiger partial charge in [0.25, 0.3) is 5.91 Å². The summed E-state index contributed by atoms with van der Waals surface area (Å²) >= 11 is 1.39. The van der Waals surface area contributed by atoms with Crippen molar-refractivity contribution < 1.29 is 9.53 Å². The van der Waals surface area contributed by atoms with Crippen molar-refractivity contribution in [3.8, 4) is 5.75 Å². The standard InChI is InChI=1S/C18H19N3O2S/c1-23-12-5-6-14-11(9-12)10-13-15(19)16(24-17(13)20-14)18(22)21-7-3-2-4-8-21/h5-6,9-10H,2-4,7-8,19H2,1H3. The Balaban J connectivity index is 1.81. The third-order valence-electron chi connectivity index (χ3n) is 4.56. The quantitative estimate of drug-likeness (QED) is 0.772. The summed E-state index contributed by atoms with van der Waals surface area (Å²) in [4.78, 5) is 20.8. The van der Waals surface area contributed by atoms with E-state index in [4.69, 9.17) is 10.5 Å². The molecule has 2 aromatic heterocycles. The van der Waals surface area contributed by atoms with Crippen molar-refractivity contribution in [2.24, 2.45) is 0 Å². The molecule has 0 unspecified atom stereocenters. The first-order valence-corrected chi connectivity index (χ1v) is 8.95. The van der Waals surface area contributed by atoms with E-state index in [2.05, 4.69) is 4.98 Å². The van der Waals surface area contributed by atoms with E-state index < -0.39 is 0 Å². The van der Waals surface area contributed by atoms with Crippen LogP contribution < -0.4 is 10.5 Å². The predicted octanol–water partition coefficient (Wildman–Crippen LogP) is 3.67. The molecule has 1 fully saturated rings. The van der Waals surface area contributed by atoms with Gasteiger partial charge in [-0.2, -0.15) is 0 Å². The number of pyridine rings is 1. The zero-order chi connectivity index (χ0) is 16.7. The molecular formula is C18H19N3O2S. The van der Waals surface area contributed by atoms with Crippen molar-refractivity contribution in [3.63, 3.8) is 0 Å². The molecule has 3 heterocycles. The van der Waals surface area contributed by atoms with Gasteiger partial charge >= 0.3 is 0 Å². The van der Waals surface area contributed by atoms with E-state index in [0.29, 0.717) is 10.6 Å². The second kappa shape index (κ2) is 5.94. The third-order valence-corrected chi connectivity index (χ3v) is 5.66. The normalized spacial score (nSPS) is 15.1. The highest BCUT2D eigenvalue weighted by atomic mass is 32.1. The molecule has 1 saturated heterocycles. The predicted molar refractivity (Wildman–Crippen MR) is 97.8 cm³/mol. The average Bonchev–Trinajstić information content (AvgIpc) is 2.95. The number of methoxy groups -OCH3 is 1. The number of nitrogen functional groups attached to an aromatic ring is 1. The number of hydrogen-bond acceptors (Lipinski definition) is 5. The highest BCUT2D eigenvalue weighted by Crippen LogP contribution is 2.36. The van der Waals surface area contributed by atoms with E-state index in [-0.39, 0.29) is 5.91 Å². The first-order chi connectivity index (χ1) is 11.7. The van der Waals surface area contributed by atoms with Gasteiger partial charge in [-0.15, -0.1) is 11.3 Å². The zero-order valence-electron chi connectivity index (χ0n) is 13.5. The average molecular weight is 341 g/mol. The van der Waals surface area contributed by atoms with Crippen molar-refractivity contribution in [3.05, 3.63) is 29.1 Å². The minimum atomic E-state index is 0.0387. The SMILES string of the molecule is COc1ccc2nc3sc(C(=O)N4CCCCC4)c(N)c3cc2c1. The molecule has 0 bridgehead atoms. The minimum Gasteiger partial charge on any atom is -0.497 e. The maximum absolute atomic E-state index is 12.8. The molecule has 1 aromatic carbocycles. The van der Waals surface area contributed by atoms with E-state index in [1.165, 1.54) is 17.8 Å². The lowest BCUT2D eigenvalue weighted by atomic mass is 10.1. The lowest BCUT2D eigenvalue weighted by molar-refractivity contribution is 0.0730. The molecule has 1 aliphatic rings. The number of nitrogens with zero attached hydrogens (tertiary/aromatic N) is 2. The Morgan fingerprint density at radius 3 is 2.79 bits per heavy atom. The van der Waals surface area contributed by atoms with Gasteiger partial charge in [-0.3, -0.25) is 4.79 Å². The van der Waals surface area contributed by atoms with Crippen LogP contribution in [-0.4, -0.2) is 36.0 Å². The fraction of sp³-hybridized carbons (Fsp3) is 0.333. The number of amides is 1. The van der Waals surface area contributed by atoms with Crippen molar-refractivity contribution in [1.29, 1.82) is 0 Å². The number of fused-ring (bicyclic) bond motifs is 2. The number of carbonyl (C=O) groups excluding carboxylic acids is 1. The molecule has 0 saturated carbocycles. The Morgan fingerprint density at radius 2 is 2.04 bits per heavy atom. The van der Waals surface area contributed by atoms with Crippen LogP contribution in [0.1, 0.15) is 28.9 Å². The Kier molecular flexibility index (Phi) is 3.76. The van der Waals surface area contributed by atoms with Gasteiger partial charge in [-0.25, -0.2) is 4.98 Å². The van der Waals surface area contributed by atoms with E-state index in [1.807, 2.05) is 29.2 Å². The van der Waals surface area contributed by atoms with Crippen LogP contribution in [0.4, 0.5) is 5.69 Å². The minimum absolute atomic E-state index is 0.0387. The number of benzene rings is 1. The first kappa shape index (κ1) is 15.2. The number of hydrogen-bond donors (Lipinski definition) is 1. The number of thiophene rings is 1. The van der Waals surface area contributed by atoms with Crippen LogP contribution in [0.15, 0.2) is 24.3 Å². The first-order valence-electron chi connectivity index (χ1n) is 8.13. The van der Waals surface area contributed by atoms with Crippen LogP contribution in [0.25, 0.3) is 21.1 Å². The molecule has 0 aliphatic carbocycles. The summed E-state index contributed by atoms with van der Waals surface area (Å²) in [5.74, 6) is 0.818. The summed E-state index contributed by atoms with van der Waals surface area (Å²) in [6.45, 7) is 1.64. The van der Waals surface area contributed by atoms with Crippen LogP contribution >= 0.6 is 11.3 Å². The number of carbonyl (C=O) groups is 1. The van der Waals surface area contributed by atoms with Crippen molar-refractivity contribution in [2.45, 2.75) is 19.3 Å². The lowest BCUT2D eigenvalue weighted by Gasteiger charge is -2.26. The zero-order valence-corrected chi connectivity index (χ0v) is 14.4. The number of piperidine rings is 1. The smallest absolute Gasteiger partial charge is 0.266 e. The molecule has 3 aromatic rings. The van der Waals surface area contributed by atoms with Gasteiger partial charge < -0.3 is 15.4 Å². The van der Waals surface area contributed by atoms with Crippen LogP contribution in [0.2, 0.25) is 0 Å². The van der Waals surface area contributed by atoms with Gasteiger partial charge in [0.2, 0.25) is 0 Å². The highest BCUT2D eigenvalue weighted by molar-refractivity contribution is 7.21. The van der Waals surface area contributed by atoms with Crippen LogP contribution in [-0.2, 0) is 0 Å². The van der Waals surface area contributed by atoms with Gasteiger partial charge in [-0.05, 0) is 43.5 Å². The second-order valence-electron chi connectivity index (χ2n) is 6.10. The molecule has 4 rings (SSSR count). The Labute approximate surface area is 144 Å². The van der Waals surface area contributed by atoms with Gasteiger partial charge in [-0.1, -0.05) is 0 Å². The molecule has 0 spiro atoms. The summed E-state index contributed by atoms with van der Waals surface area (Å²) in [7, 11) is 1.64. The van der Waals surface area contributed by atoms with Crippen molar-refractivity contribution in [1.82, 2.24) is 9.88 Å². The molecule has 5 nitrogen and oxygen atoms in total. The second-order valence-corrected chi connectivity index (χ2v) is 7.10. The van der Waals surface area contributed by atoms with Crippen molar-refractivity contribution in [2.75, 3.05) is 25.9 Å². The maximum atomic E-state index is 12.8. The van der Waals surface area contributed by atoms with Crippen molar-refractivity contribution >= 4 is 44.1 Å². The highest BCUT2D eigenvalue weighted by Gasteiger charge is 2.24. The molecule has 1 amide bonds. The summed E-state index contributed by atoms with van der Waals surface area (Å²) in [5, 5.41) is 1.81. The van der Waals surface area contributed by atoms with Crippen LogP contribution in [0, 0.1) is 0 Å². The van der Waals surface area contributed by atoms with Gasteiger partial charge in [0.05, 0.1) is 18.3 Å². The molecule has 0 radical (unpaired) electrons. The maximum Gasteiger partial charge on any atom is 0.266 e. The Hall–Kier alpha value is -2.34. The summed E-state index contributed by atoms with van der Waals surface area (Å²) in [6, 6.07) is 7.75. The van der Waals surface area contributed by atoms with Crippen LogP contribution in [0.3, 0.4) is 0 Å². The van der Waals surface area contributed by atoms with E-state index in [1.54, 1.807) is 7.11 Å². The van der Waals surface area contributed by atoms with E-state index in [0.717, 1.165) is 52.8 Å². The van der Waals surface area contributed by atoms with Crippen LogP contribution in [0.5, 0.6) is 5.75 Å². The summed E-state index contributed by atoms with van der Waals surface area (Å²) in [6.07, 6.45) is 3.33. The van der Waals surface area contributed by atoms with Gasteiger partial charge in [0.1, 0.15) is 15.5 Å². The Morgan fingerprint density at radius 1 is 1.25 bits per heavy atom. The number of nitrogens with two attached hydrogens (primary N) is 1. The number of aromatic nitrogens is 1. The van der Waals surface area contributed by atoms with E-state index >= 15 is 0 Å². The molecule has 24 heavy (non-hydrogen) atoms. The summed E-state index contributed by atoms with van der Waals surface area (Å²) in [5.41, 5.74) is 7.72. The number of likely N-dealkylation sites (tertiary alicyclic amines) is 1. The molecule has 1 aliphatic heterocycles. The number of anilines is 1. The topological polar surface area (TPSA) is 68.5 Å². The fourth-order valence-electron chi connectivity index (χ4n) is 3.21. The molecule has 2 N–H and O–H groups in total. The molecule has 6 heteroatoms. The molecular weight excluding hydrogens is 322 g/mol. The molecule has 0 atom stereocenters. The Bertz CT molecular complexity index is 929. The van der Waals surface area contributed by atoms with Gasteiger partial charge in [0.15, 0.2) is 0 Å². The number of rotatable bonds is 2. The van der Waals surface area contributed by atoms with E-state index in [9.17, 15) is 4.79 Å². The summed E-state index contributed by atoms with van der Waals surface area (Å²) < 4.78 is 5.27. The largest absolute Gasteiger partial charge is 0.497 e. The van der Waals surface area contributed by atoms with Gasteiger partial charge in [0, 0.05) is 23.9 Å². The monoisotopic (exact) mass is 341 g/mol. The third kappa shape index (κ3) is 2.47. The fourth-order valence-corrected chi connectivity index (χ4v) is 4.26.